The molecule has 1 aromatic carbocycles. The molecule has 0 spiro atoms. The van der Waals surface area contributed by atoms with Gasteiger partial charge < -0.3 is 15.4 Å². The van der Waals surface area contributed by atoms with E-state index < -0.39 is 0 Å². The van der Waals surface area contributed by atoms with Gasteiger partial charge in [-0.1, -0.05) is 0 Å². The Morgan fingerprint density at radius 1 is 1.21 bits per heavy atom. The fourth-order valence-electron chi connectivity index (χ4n) is 2.29. The maximum absolute atomic E-state index is 11.0. The van der Waals surface area contributed by atoms with Crippen molar-refractivity contribution >= 4 is 11.6 Å². The standard InChI is InChI=1S/C14H21N3O2/c1-19-11-10-16-6-8-17(9-7-16)13-4-2-12(3-5-13)14(15)18/h2-5H,6-11H2,1H3,(H2,15,18). The number of nitrogens with two attached hydrogens (primary N) is 1. The smallest absolute Gasteiger partial charge is 0.248 e. The Morgan fingerprint density at radius 2 is 1.84 bits per heavy atom. The number of carbonyl (C=O) groups excluding carboxylic acids is 1. The zero-order chi connectivity index (χ0) is 13.7. The Kier molecular flexibility index (Phi) is 4.76. The van der Waals surface area contributed by atoms with Crippen LogP contribution in [0.15, 0.2) is 24.3 Å². The van der Waals surface area contributed by atoms with Crippen LogP contribution >= 0.6 is 0 Å². The lowest BCUT2D eigenvalue weighted by Crippen LogP contribution is -2.47. The average Bonchev–Trinajstić information content (AvgIpc) is 2.46. The first-order valence-corrected chi connectivity index (χ1v) is 6.57. The van der Waals surface area contributed by atoms with E-state index >= 15 is 0 Å². The normalized spacial score (nSPS) is 16.6. The monoisotopic (exact) mass is 263 g/mol. The van der Waals surface area contributed by atoms with Crippen molar-refractivity contribution in [2.24, 2.45) is 5.73 Å². The molecule has 0 saturated carbocycles. The van der Waals surface area contributed by atoms with E-state index in [1.807, 2.05) is 12.1 Å². The van der Waals surface area contributed by atoms with Gasteiger partial charge in [-0.25, -0.2) is 0 Å². The first-order valence-electron chi connectivity index (χ1n) is 6.57. The summed E-state index contributed by atoms with van der Waals surface area (Å²) in [5, 5.41) is 0. The second kappa shape index (κ2) is 6.54. The van der Waals surface area contributed by atoms with E-state index in [-0.39, 0.29) is 5.91 Å². The maximum Gasteiger partial charge on any atom is 0.248 e. The fraction of sp³-hybridized carbons (Fsp3) is 0.500. The Bertz CT molecular complexity index is 411. The Hall–Kier alpha value is -1.59. The summed E-state index contributed by atoms with van der Waals surface area (Å²) in [6.45, 7) is 5.86. The van der Waals surface area contributed by atoms with Crippen molar-refractivity contribution in [1.82, 2.24) is 4.90 Å². The molecule has 19 heavy (non-hydrogen) atoms. The van der Waals surface area contributed by atoms with E-state index in [1.54, 1.807) is 19.2 Å². The molecule has 1 amide bonds. The van der Waals surface area contributed by atoms with E-state index in [0.717, 1.165) is 45.0 Å². The van der Waals surface area contributed by atoms with Gasteiger partial charge in [-0.05, 0) is 24.3 Å². The van der Waals surface area contributed by atoms with Crippen LogP contribution < -0.4 is 10.6 Å². The summed E-state index contributed by atoms with van der Waals surface area (Å²) < 4.78 is 5.09. The van der Waals surface area contributed by atoms with Gasteiger partial charge in [-0.3, -0.25) is 9.69 Å². The molecule has 0 atom stereocenters. The van der Waals surface area contributed by atoms with E-state index in [0.29, 0.717) is 5.56 Å². The molecule has 1 heterocycles. The summed E-state index contributed by atoms with van der Waals surface area (Å²) in [7, 11) is 1.73. The average molecular weight is 263 g/mol. The third-order valence-corrected chi connectivity index (χ3v) is 3.50. The number of carbonyl (C=O) groups is 1. The molecule has 0 unspecified atom stereocenters. The number of ether oxygens (including phenoxy) is 1. The van der Waals surface area contributed by atoms with Crippen molar-refractivity contribution < 1.29 is 9.53 Å². The van der Waals surface area contributed by atoms with Crippen molar-refractivity contribution in [2.45, 2.75) is 0 Å². The molecule has 0 bridgehead atoms. The number of hydrogen-bond acceptors (Lipinski definition) is 4. The van der Waals surface area contributed by atoms with Gasteiger partial charge in [0.1, 0.15) is 0 Å². The lowest BCUT2D eigenvalue weighted by atomic mass is 10.1. The molecule has 2 rings (SSSR count). The highest BCUT2D eigenvalue weighted by Gasteiger charge is 2.16. The van der Waals surface area contributed by atoms with E-state index in [4.69, 9.17) is 10.5 Å². The zero-order valence-corrected chi connectivity index (χ0v) is 11.3. The fourth-order valence-corrected chi connectivity index (χ4v) is 2.29. The van der Waals surface area contributed by atoms with E-state index in [1.165, 1.54) is 0 Å². The summed E-state index contributed by atoms with van der Waals surface area (Å²) in [4.78, 5) is 15.8. The van der Waals surface area contributed by atoms with Crippen LogP contribution in [-0.2, 0) is 4.74 Å². The van der Waals surface area contributed by atoms with E-state index in [9.17, 15) is 4.79 Å². The Balaban J connectivity index is 1.88. The number of rotatable bonds is 5. The third kappa shape index (κ3) is 3.68. The minimum Gasteiger partial charge on any atom is -0.383 e. The zero-order valence-electron chi connectivity index (χ0n) is 11.3. The second-order valence-corrected chi connectivity index (χ2v) is 4.73. The van der Waals surface area contributed by atoms with Crippen LogP contribution in [0, 0.1) is 0 Å². The summed E-state index contributed by atoms with van der Waals surface area (Å²) in [5.74, 6) is -0.379. The minimum absolute atomic E-state index is 0.379. The second-order valence-electron chi connectivity index (χ2n) is 4.73. The highest BCUT2D eigenvalue weighted by atomic mass is 16.5. The molecule has 2 N–H and O–H groups in total. The Morgan fingerprint density at radius 3 is 2.37 bits per heavy atom. The molecular weight excluding hydrogens is 242 g/mol. The summed E-state index contributed by atoms with van der Waals surface area (Å²) in [6, 6.07) is 7.50. The first kappa shape index (κ1) is 13.8. The van der Waals surface area contributed by atoms with Crippen LogP contribution in [-0.4, -0.2) is 57.2 Å². The number of hydrogen-bond donors (Lipinski definition) is 1. The predicted octanol–water partition coefficient (Wildman–Crippen LogP) is 0.554. The number of amides is 1. The van der Waals surface area contributed by atoms with Gasteiger partial charge in [0.25, 0.3) is 0 Å². The number of piperazine rings is 1. The van der Waals surface area contributed by atoms with Crippen LogP contribution in [0.1, 0.15) is 10.4 Å². The SMILES string of the molecule is COCCN1CCN(c2ccc(C(N)=O)cc2)CC1. The molecular formula is C14H21N3O2. The highest BCUT2D eigenvalue weighted by molar-refractivity contribution is 5.93. The lowest BCUT2D eigenvalue weighted by molar-refractivity contribution is 0.100. The largest absolute Gasteiger partial charge is 0.383 e. The van der Waals surface area contributed by atoms with Crippen molar-refractivity contribution in [3.8, 4) is 0 Å². The highest BCUT2D eigenvalue weighted by Crippen LogP contribution is 2.17. The van der Waals surface area contributed by atoms with Crippen LogP contribution in [0.25, 0.3) is 0 Å². The van der Waals surface area contributed by atoms with Crippen molar-refractivity contribution in [1.29, 1.82) is 0 Å². The molecule has 5 nitrogen and oxygen atoms in total. The third-order valence-electron chi connectivity index (χ3n) is 3.50. The quantitative estimate of drug-likeness (QED) is 0.843. The number of anilines is 1. The molecule has 0 radical (unpaired) electrons. The number of benzene rings is 1. The summed E-state index contributed by atoms with van der Waals surface area (Å²) in [6.07, 6.45) is 0. The molecule has 0 aromatic heterocycles. The maximum atomic E-state index is 11.0. The van der Waals surface area contributed by atoms with Gasteiger partial charge in [0.2, 0.25) is 5.91 Å². The minimum atomic E-state index is -0.379. The van der Waals surface area contributed by atoms with Gasteiger partial charge in [0.05, 0.1) is 6.61 Å². The topological polar surface area (TPSA) is 58.8 Å². The van der Waals surface area contributed by atoms with Gasteiger partial charge in [0, 0.05) is 51.1 Å². The number of methoxy groups -OCH3 is 1. The first-order chi connectivity index (χ1) is 9.20. The van der Waals surface area contributed by atoms with Crippen molar-refractivity contribution in [3.63, 3.8) is 0 Å². The number of nitrogens with zero attached hydrogens (tertiary/aromatic N) is 2. The van der Waals surface area contributed by atoms with Crippen molar-refractivity contribution in [2.75, 3.05) is 51.3 Å². The lowest BCUT2D eigenvalue weighted by Gasteiger charge is -2.36. The molecule has 1 aromatic rings. The van der Waals surface area contributed by atoms with Crippen molar-refractivity contribution in [3.05, 3.63) is 29.8 Å². The molecule has 5 heteroatoms. The van der Waals surface area contributed by atoms with E-state index in [2.05, 4.69) is 9.80 Å². The molecule has 1 aliphatic heterocycles. The molecule has 1 saturated heterocycles. The predicted molar refractivity (Wildman–Crippen MR) is 75.5 cm³/mol. The van der Waals surface area contributed by atoms with Gasteiger partial charge in [-0.2, -0.15) is 0 Å². The molecule has 104 valence electrons. The van der Waals surface area contributed by atoms with Gasteiger partial charge >= 0.3 is 0 Å². The molecule has 1 fully saturated rings. The van der Waals surface area contributed by atoms with Crippen LogP contribution in [0.4, 0.5) is 5.69 Å². The number of primary amides is 1. The van der Waals surface area contributed by atoms with Crippen LogP contribution in [0.5, 0.6) is 0 Å². The molecule has 1 aliphatic rings. The van der Waals surface area contributed by atoms with Crippen LogP contribution in [0.3, 0.4) is 0 Å². The summed E-state index contributed by atoms with van der Waals surface area (Å²) >= 11 is 0. The van der Waals surface area contributed by atoms with Crippen LogP contribution in [0.2, 0.25) is 0 Å². The Labute approximate surface area is 113 Å². The van der Waals surface area contributed by atoms with Gasteiger partial charge in [0.15, 0.2) is 0 Å². The van der Waals surface area contributed by atoms with Gasteiger partial charge in [-0.15, -0.1) is 0 Å². The molecule has 0 aliphatic carbocycles. The summed E-state index contributed by atoms with van der Waals surface area (Å²) in [5.41, 5.74) is 6.94.